The minimum atomic E-state index is 0.0988. The van der Waals surface area contributed by atoms with Gasteiger partial charge in [-0.2, -0.15) is 0 Å². The molecule has 0 radical (unpaired) electrons. The molecule has 0 unspecified atom stereocenters. The summed E-state index contributed by atoms with van der Waals surface area (Å²) in [6, 6.07) is 0.0988. The minimum Gasteiger partial charge on any atom is -0.333 e. The van der Waals surface area contributed by atoms with E-state index >= 15 is 0 Å². The van der Waals surface area contributed by atoms with Crippen LogP contribution in [0.2, 0.25) is 0 Å². The topological polar surface area (TPSA) is 43.8 Å². The second-order valence-corrected chi connectivity index (χ2v) is 4.03. The number of aryl methyl sites for hydroxylation is 1. The van der Waals surface area contributed by atoms with Crippen molar-refractivity contribution in [1.82, 2.24) is 9.55 Å². The van der Waals surface area contributed by atoms with Crippen LogP contribution in [0.4, 0.5) is 0 Å². The number of imidazole rings is 1. The number of nitrogens with two attached hydrogens (primary N) is 1. The van der Waals surface area contributed by atoms with Gasteiger partial charge in [-0.1, -0.05) is 12.8 Å². The molecule has 0 amide bonds. The van der Waals surface area contributed by atoms with Gasteiger partial charge in [0.1, 0.15) is 0 Å². The molecule has 2 N–H and O–H groups in total. The molecule has 72 valence electrons. The Morgan fingerprint density at radius 3 is 3.08 bits per heavy atom. The molecular formula is C10H17N3. The lowest BCUT2D eigenvalue weighted by Crippen LogP contribution is -2.12. The van der Waals surface area contributed by atoms with E-state index in [1.165, 1.54) is 19.3 Å². The average Bonchev–Trinajstić information content (AvgIpc) is 2.79. The van der Waals surface area contributed by atoms with Crippen LogP contribution in [0, 0.1) is 5.92 Å². The summed E-state index contributed by atoms with van der Waals surface area (Å²) < 4.78 is 2.18. The minimum absolute atomic E-state index is 0.0988. The molecule has 3 heteroatoms. The predicted molar refractivity (Wildman–Crippen MR) is 52.2 cm³/mol. The van der Waals surface area contributed by atoms with Gasteiger partial charge in [0.05, 0.1) is 12.0 Å². The van der Waals surface area contributed by atoms with Crippen LogP contribution < -0.4 is 5.73 Å². The second-order valence-electron chi connectivity index (χ2n) is 4.03. The molecule has 3 nitrogen and oxygen atoms in total. The van der Waals surface area contributed by atoms with Gasteiger partial charge in [-0.05, 0) is 19.3 Å². The Labute approximate surface area is 79.0 Å². The molecule has 1 aliphatic carbocycles. The Morgan fingerprint density at radius 1 is 1.69 bits per heavy atom. The molecule has 1 aliphatic rings. The van der Waals surface area contributed by atoms with Gasteiger partial charge in [0, 0.05) is 18.8 Å². The van der Waals surface area contributed by atoms with Crippen LogP contribution in [0.5, 0.6) is 0 Å². The molecule has 0 aliphatic heterocycles. The molecule has 0 aromatic carbocycles. The van der Waals surface area contributed by atoms with Gasteiger partial charge in [0.25, 0.3) is 0 Å². The van der Waals surface area contributed by atoms with Crippen LogP contribution in [-0.4, -0.2) is 9.55 Å². The molecular weight excluding hydrogens is 162 g/mol. The highest BCUT2D eigenvalue weighted by molar-refractivity contribution is 5.03. The smallest absolute Gasteiger partial charge is 0.0948 e. The zero-order valence-electron chi connectivity index (χ0n) is 8.11. The van der Waals surface area contributed by atoms with Crippen molar-refractivity contribution in [3.63, 3.8) is 0 Å². The number of aromatic nitrogens is 2. The average molecular weight is 179 g/mol. The number of hydrogen-bond acceptors (Lipinski definition) is 2. The van der Waals surface area contributed by atoms with Gasteiger partial charge in [-0.15, -0.1) is 0 Å². The maximum Gasteiger partial charge on any atom is 0.0948 e. The Morgan fingerprint density at radius 2 is 2.46 bits per heavy atom. The van der Waals surface area contributed by atoms with Crippen LogP contribution in [0.15, 0.2) is 12.5 Å². The summed E-state index contributed by atoms with van der Waals surface area (Å²) in [4.78, 5) is 4.12. The zero-order chi connectivity index (χ0) is 9.26. The first-order valence-electron chi connectivity index (χ1n) is 5.03. The molecule has 1 heterocycles. The van der Waals surface area contributed by atoms with Gasteiger partial charge < -0.3 is 10.3 Å². The third-order valence-electron chi connectivity index (χ3n) is 2.69. The Hall–Kier alpha value is -0.830. The Bertz CT molecular complexity index is 273. The number of rotatable bonds is 4. The fourth-order valence-corrected chi connectivity index (χ4v) is 1.63. The first-order valence-corrected chi connectivity index (χ1v) is 5.03. The summed E-state index contributed by atoms with van der Waals surface area (Å²) >= 11 is 0. The molecule has 13 heavy (non-hydrogen) atoms. The normalized spacial score (nSPS) is 18.9. The van der Waals surface area contributed by atoms with Crippen molar-refractivity contribution in [1.29, 1.82) is 0 Å². The van der Waals surface area contributed by atoms with Crippen LogP contribution in [0.3, 0.4) is 0 Å². The highest BCUT2D eigenvalue weighted by Gasteiger charge is 2.21. The third kappa shape index (κ3) is 2.10. The van der Waals surface area contributed by atoms with E-state index in [1.54, 1.807) is 0 Å². The quantitative estimate of drug-likeness (QED) is 0.764. The van der Waals surface area contributed by atoms with Crippen molar-refractivity contribution in [3.8, 4) is 0 Å². The summed E-state index contributed by atoms with van der Waals surface area (Å²) in [5.41, 5.74) is 6.97. The summed E-state index contributed by atoms with van der Waals surface area (Å²) in [6.07, 6.45) is 7.89. The third-order valence-corrected chi connectivity index (χ3v) is 2.69. The van der Waals surface area contributed by atoms with E-state index in [0.29, 0.717) is 0 Å². The lowest BCUT2D eigenvalue weighted by atomic mass is 10.2. The van der Waals surface area contributed by atoms with Crippen molar-refractivity contribution in [2.75, 3.05) is 0 Å². The van der Waals surface area contributed by atoms with Crippen LogP contribution >= 0.6 is 0 Å². The Kier molecular flexibility index (Phi) is 2.36. The van der Waals surface area contributed by atoms with Gasteiger partial charge in [0.2, 0.25) is 0 Å². The highest BCUT2D eigenvalue weighted by atomic mass is 15.1. The molecule has 1 aromatic heterocycles. The fraction of sp³-hybridized carbons (Fsp3) is 0.700. The van der Waals surface area contributed by atoms with E-state index < -0.39 is 0 Å². The van der Waals surface area contributed by atoms with Gasteiger partial charge in [-0.3, -0.25) is 0 Å². The molecule has 2 rings (SSSR count). The second kappa shape index (κ2) is 3.50. The van der Waals surface area contributed by atoms with Crippen molar-refractivity contribution >= 4 is 0 Å². The van der Waals surface area contributed by atoms with Crippen LogP contribution in [-0.2, 0) is 6.54 Å². The fourth-order valence-electron chi connectivity index (χ4n) is 1.63. The van der Waals surface area contributed by atoms with Crippen molar-refractivity contribution < 1.29 is 0 Å². The molecule has 1 atom stereocenters. The first-order chi connectivity index (χ1) is 6.27. The highest BCUT2D eigenvalue weighted by Crippen LogP contribution is 2.32. The zero-order valence-corrected chi connectivity index (χ0v) is 8.11. The Balaban J connectivity index is 1.96. The molecule has 0 saturated heterocycles. The van der Waals surface area contributed by atoms with E-state index in [2.05, 4.69) is 9.55 Å². The first kappa shape index (κ1) is 8.75. The van der Waals surface area contributed by atoms with Crippen molar-refractivity contribution in [2.24, 2.45) is 11.7 Å². The van der Waals surface area contributed by atoms with E-state index in [0.717, 1.165) is 18.2 Å². The number of hydrogen-bond donors (Lipinski definition) is 1. The largest absolute Gasteiger partial charge is 0.333 e. The van der Waals surface area contributed by atoms with E-state index in [4.69, 9.17) is 5.73 Å². The standard InChI is InChI=1S/C10H17N3/c1-8(11)10-6-12-7-13(10)5-4-9-2-3-9/h6-9H,2-5,11H2,1H3/t8-/m1/s1. The van der Waals surface area contributed by atoms with Gasteiger partial charge in [-0.25, -0.2) is 4.98 Å². The maximum atomic E-state index is 5.82. The predicted octanol–water partition coefficient (Wildman–Crippen LogP) is 1.70. The lowest BCUT2D eigenvalue weighted by Gasteiger charge is -2.09. The summed E-state index contributed by atoms with van der Waals surface area (Å²) in [5.74, 6) is 0.975. The monoisotopic (exact) mass is 179 g/mol. The van der Waals surface area contributed by atoms with E-state index in [-0.39, 0.29) is 6.04 Å². The summed E-state index contributed by atoms with van der Waals surface area (Å²) in [7, 11) is 0. The van der Waals surface area contributed by atoms with Crippen LogP contribution in [0.1, 0.15) is 37.9 Å². The number of nitrogens with zero attached hydrogens (tertiary/aromatic N) is 2. The van der Waals surface area contributed by atoms with Crippen molar-refractivity contribution in [3.05, 3.63) is 18.2 Å². The summed E-state index contributed by atoms with van der Waals surface area (Å²) in [5, 5.41) is 0. The molecule has 0 spiro atoms. The van der Waals surface area contributed by atoms with Crippen LogP contribution in [0.25, 0.3) is 0 Å². The maximum absolute atomic E-state index is 5.82. The van der Waals surface area contributed by atoms with Crippen molar-refractivity contribution in [2.45, 2.75) is 38.8 Å². The molecule has 1 aromatic rings. The van der Waals surface area contributed by atoms with Gasteiger partial charge in [0.15, 0.2) is 0 Å². The van der Waals surface area contributed by atoms with E-state index in [9.17, 15) is 0 Å². The molecule has 1 fully saturated rings. The SMILES string of the molecule is C[C@@H](N)c1cncn1CCC1CC1. The molecule has 0 bridgehead atoms. The lowest BCUT2D eigenvalue weighted by molar-refractivity contribution is 0.562. The molecule has 1 saturated carbocycles. The van der Waals surface area contributed by atoms with Gasteiger partial charge >= 0.3 is 0 Å². The van der Waals surface area contributed by atoms with E-state index in [1.807, 2.05) is 19.4 Å². The summed E-state index contributed by atoms with van der Waals surface area (Å²) in [6.45, 7) is 3.09.